The summed E-state index contributed by atoms with van der Waals surface area (Å²) in [4.78, 5) is 22.5. The number of hydrogen-bond donors (Lipinski definition) is 2. The maximum absolute atomic E-state index is 11.6. The normalized spacial score (nSPS) is 11.7. The third-order valence-corrected chi connectivity index (χ3v) is 3.71. The molecule has 4 nitrogen and oxygen atoms in total. The largest absolute Gasteiger partial charge is 0.480 e. The van der Waals surface area contributed by atoms with Crippen LogP contribution in [0.3, 0.4) is 0 Å². The number of carboxylic acid groups (broad SMARTS) is 1. The van der Waals surface area contributed by atoms with Gasteiger partial charge in [0.25, 0.3) is 0 Å². The Bertz CT molecular complexity index is 476. The van der Waals surface area contributed by atoms with Crippen molar-refractivity contribution in [1.82, 2.24) is 5.32 Å². The maximum Gasteiger partial charge on any atom is 0.326 e. The second kappa shape index (κ2) is 8.66. The van der Waals surface area contributed by atoms with Crippen LogP contribution >= 0.6 is 23.4 Å². The van der Waals surface area contributed by atoms with Crippen molar-refractivity contribution in [1.29, 1.82) is 0 Å². The van der Waals surface area contributed by atoms with Gasteiger partial charge in [0.1, 0.15) is 6.04 Å². The average Bonchev–Trinajstić information content (AvgIpc) is 2.40. The molecule has 20 heavy (non-hydrogen) atoms. The molecule has 0 aliphatic rings. The highest BCUT2D eigenvalue weighted by Gasteiger charge is 2.17. The minimum absolute atomic E-state index is 0.211. The predicted octanol–water partition coefficient (Wildman–Crippen LogP) is 2.72. The van der Waals surface area contributed by atoms with Crippen molar-refractivity contribution >= 4 is 35.2 Å². The molecule has 1 atom stereocenters. The summed E-state index contributed by atoms with van der Waals surface area (Å²) in [6.45, 7) is 3.47. The van der Waals surface area contributed by atoms with E-state index in [1.165, 1.54) is 17.8 Å². The smallest absolute Gasteiger partial charge is 0.326 e. The molecule has 0 radical (unpaired) electrons. The molecule has 0 fully saturated rings. The molecule has 0 heterocycles. The van der Waals surface area contributed by atoms with Gasteiger partial charge < -0.3 is 10.4 Å². The monoisotopic (exact) mass is 313 g/mol. The Morgan fingerprint density at radius 1 is 1.40 bits per heavy atom. The van der Waals surface area contributed by atoms with Crippen LogP contribution in [0.2, 0.25) is 5.02 Å². The van der Waals surface area contributed by atoms with Crippen LogP contribution in [0.25, 0.3) is 0 Å². The molecule has 1 amide bonds. The Hall–Kier alpha value is -1.46. The Morgan fingerprint density at radius 3 is 2.60 bits per heavy atom. The second-order valence-electron chi connectivity index (χ2n) is 4.10. The summed E-state index contributed by atoms with van der Waals surface area (Å²) in [6.07, 6.45) is 1.68. The summed E-state index contributed by atoms with van der Waals surface area (Å²) in [5.74, 6) is -0.466. The molecule has 0 aliphatic heterocycles. The van der Waals surface area contributed by atoms with Crippen molar-refractivity contribution < 1.29 is 14.7 Å². The lowest BCUT2D eigenvalue weighted by Gasteiger charge is -2.12. The fourth-order valence-corrected chi connectivity index (χ4v) is 2.39. The number of thioether (sulfide) groups is 1. The Labute approximate surface area is 127 Å². The number of carbonyl (C=O) groups excluding carboxylic acids is 1. The quantitative estimate of drug-likeness (QED) is 0.724. The lowest BCUT2D eigenvalue weighted by atomic mass is 10.2. The molecule has 1 aromatic carbocycles. The first-order valence-electron chi connectivity index (χ1n) is 5.98. The summed E-state index contributed by atoms with van der Waals surface area (Å²) in [6, 6.07) is 6.47. The van der Waals surface area contributed by atoms with Crippen LogP contribution in [0, 0.1) is 0 Å². The highest BCUT2D eigenvalue weighted by molar-refractivity contribution is 7.99. The van der Waals surface area contributed by atoms with E-state index in [1.54, 1.807) is 12.1 Å². The van der Waals surface area contributed by atoms with E-state index in [-0.39, 0.29) is 18.1 Å². The van der Waals surface area contributed by atoms with E-state index in [0.717, 1.165) is 5.56 Å². The molecular weight excluding hydrogens is 298 g/mol. The van der Waals surface area contributed by atoms with E-state index in [1.807, 2.05) is 12.1 Å². The number of amides is 1. The van der Waals surface area contributed by atoms with E-state index >= 15 is 0 Å². The molecule has 6 heteroatoms. The summed E-state index contributed by atoms with van der Waals surface area (Å²) < 4.78 is 0. The van der Waals surface area contributed by atoms with E-state index in [9.17, 15) is 9.59 Å². The fraction of sp³-hybridized carbons (Fsp3) is 0.286. The van der Waals surface area contributed by atoms with E-state index in [0.29, 0.717) is 10.8 Å². The van der Waals surface area contributed by atoms with Gasteiger partial charge in [0.05, 0.1) is 5.75 Å². The minimum atomic E-state index is -1.05. The van der Waals surface area contributed by atoms with Gasteiger partial charge in [0, 0.05) is 10.8 Å². The van der Waals surface area contributed by atoms with Crippen molar-refractivity contribution in [2.45, 2.75) is 18.2 Å². The van der Waals surface area contributed by atoms with Crippen molar-refractivity contribution in [3.8, 4) is 0 Å². The molecule has 0 spiro atoms. The zero-order chi connectivity index (χ0) is 15.0. The first-order valence-corrected chi connectivity index (χ1v) is 7.51. The molecule has 0 aromatic heterocycles. The molecule has 1 rings (SSSR count). The van der Waals surface area contributed by atoms with Crippen molar-refractivity contribution in [2.75, 3.05) is 5.75 Å². The highest BCUT2D eigenvalue weighted by Crippen LogP contribution is 2.15. The number of carbonyl (C=O) groups is 2. The topological polar surface area (TPSA) is 66.4 Å². The molecule has 1 unspecified atom stereocenters. The van der Waals surface area contributed by atoms with Gasteiger partial charge in [-0.1, -0.05) is 29.8 Å². The van der Waals surface area contributed by atoms with E-state index in [2.05, 4.69) is 11.9 Å². The highest BCUT2D eigenvalue weighted by atomic mass is 35.5. The molecule has 108 valence electrons. The Morgan fingerprint density at radius 2 is 2.05 bits per heavy atom. The van der Waals surface area contributed by atoms with Crippen LogP contribution in [0.4, 0.5) is 0 Å². The van der Waals surface area contributed by atoms with Crippen molar-refractivity contribution in [3.63, 3.8) is 0 Å². The average molecular weight is 314 g/mol. The van der Waals surface area contributed by atoms with Crippen LogP contribution in [0.15, 0.2) is 36.9 Å². The molecular formula is C14H16ClNO3S. The van der Waals surface area contributed by atoms with Gasteiger partial charge in [-0.15, -0.1) is 18.3 Å². The molecule has 0 aliphatic carbocycles. The van der Waals surface area contributed by atoms with Gasteiger partial charge in [-0.25, -0.2) is 4.79 Å². The van der Waals surface area contributed by atoms with E-state index < -0.39 is 12.0 Å². The van der Waals surface area contributed by atoms with Crippen LogP contribution in [0.5, 0.6) is 0 Å². The first-order chi connectivity index (χ1) is 9.52. The molecule has 1 aromatic rings. The second-order valence-corrected chi connectivity index (χ2v) is 5.52. The number of hydrogen-bond acceptors (Lipinski definition) is 3. The lowest BCUT2D eigenvalue weighted by molar-refractivity contribution is -0.141. The van der Waals surface area contributed by atoms with Crippen LogP contribution < -0.4 is 5.32 Å². The standard InChI is InChI=1S/C14H16ClNO3S/c1-2-3-12(14(18)19)16-13(17)9-20-8-10-4-6-11(15)7-5-10/h2,4-7,12H,1,3,8-9H2,(H,16,17)(H,18,19). The van der Waals surface area contributed by atoms with Crippen LogP contribution in [-0.4, -0.2) is 28.8 Å². The fourth-order valence-electron chi connectivity index (χ4n) is 1.47. The summed E-state index contributed by atoms with van der Waals surface area (Å²) in [5, 5.41) is 12.0. The molecule has 0 saturated heterocycles. The minimum Gasteiger partial charge on any atom is -0.480 e. The molecule has 2 N–H and O–H groups in total. The Balaban J connectivity index is 2.33. The number of rotatable bonds is 8. The molecule has 0 bridgehead atoms. The third-order valence-electron chi connectivity index (χ3n) is 2.45. The number of halogens is 1. The van der Waals surface area contributed by atoms with Crippen molar-refractivity contribution in [2.24, 2.45) is 0 Å². The first kappa shape index (κ1) is 16.6. The van der Waals surface area contributed by atoms with Gasteiger partial charge in [0.2, 0.25) is 5.91 Å². The molecule has 0 saturated carbocycles. The summed E-state index contributed by atoms with van der Waals surface area (Å²) in [7, 11) is 0. The number of carboxylic acids is 1. The number of aliphatic carboxylic acids is 1. The Kier molecular flexibility index (Phi) is 7.18. The van der Waals surface area contributed by atoms with Gasteiger partial charge >= 0.3 is 5.97 Å². The van der Waals surface area contributed by atoms with Crippen molar-refractivity contribution in [3.05, 3.63) is 47.5 Å². The van der Waals surface area contributed by atoms with E-state index in [4.69, 9.17) is 16.7 Å². The van der Waals surface area contributed by atoms with Gasteiger partial charge in [-0.2, -0.15) is 0 Å². The van der Waals surface area contributed by atoms with Gasteiger partial charge in [-0.3, -0.25) is 4.79 Å². The number of benzene rings is 1. The predicted molar refractivity (Wildman–Crippen MR) is 82.0 cm³/mol. The zero-order valence-electron chi connectivity index (χ0n) is 10.8. The third kappa shape index (κ3) is 6.12. The summed E-state index contributed by atoms with van der Waals surface area (Å²) >= 11 is 7.20. The number of nitrogens with one attached hydrogen (secondary N) is 1. The zero-order valence-corrected chi connectivity index (χ0v) is 12.4. The van der Waals surface area contributed by atoms with Crippen LogP contribution in [0.1, 0.15) is 12.0 Å². The van der Waals surface area contributed by atoms with Crippen LogP contribution in [-0.2, 0) is 15.3 Å². The SMILES string of the molecule is C=CCC(NC(=O)CSCc1ccc(Cl)cc1)C(=O)O. The lowest BCUT2D eigenvalue weighted by Crippen LogP contribution is -2.41. The van der Waals surface area contributed by atoms with Gasteiger partial charge in [-0.05, 0) is 24.1 Å². The van der Waals surface area contributed by atoms with Gasteiger partial charge in [0.15, 0.2) is 0 Å². The summed E-state index contributed by atoms with van der Waals surface area (Å²) in [5.41, 5.74) is 1.06. The maximum atomic E-state index is 11.6.